The van der Waals surface area contributed by atoms with E-state index in [1.54, 1.807) is 0 Å². The zero-order chi connectivity index (χ0) is 10.2. The lowest BCUT2D eigenvalue weighted by Crippen LogP contribution is -1.98. The van der Waals surface area contributed by atoms with E-state index in [9.17, 15) is 0 Å². The Balaban J connectivity index is 3.56. The van der Waals surface area contributed by atoms with E-state index in [2.05, 4.69) is 43.6 Å². The van der Waals surface area contributed by atoms with Crippen molar-refractivity contribution in [1.82, 2.24) is 0 Å². The van der Waals surface area contributed by atoms with E-state index in [1.165, 1.54) is 32.3 Å². The van der Waals surface area contributed by atoms with Crippen LogP contribution >= 0.6 is 27.5 Å². The fraction of sp³-hybridized carbons (Fsp3) is 0.455. The van der Waals surface area contributed by atoms with Crippen molar-refractivity contribution in [3.8, 4) is 0 Å². The zero-order valence-corrected chi connectivity index (χ0v) is 10.8. The van der Waals surface area contributed by atoms with Crippen molar-refractivity contribution in [2.45, 2.75) is 33.6 Å². The van der Waals surface area contributed by atoms with Crippen molar-refractivity contribution in [3.05, 3.63) is 32.3 Å². The molecule has 0 unspecified atom stereocenters. The van der Waals surface area contributed by atoms with Gasteiger partial charge in [0.1, 0.15) is 0 Å². The van der Waals surface area contributed by atoms with Gasteiger partial charge in [0.25, 0.3) is 0 Å². The summed E-state index contributed by atoms with van der Waals surface area (Å²) < 4.78 is 1.20. The third-order valence-corrected chi connectivity index (χ3v) is 4.28. The highest BCUT2D eigenvalue weighted by Gasteiger charge is 2.11. The quantitative estimate of drug-likeness (QED) is 0.657. The molecule has 0 radical (unpaired) electrons. The molecule has 0 aliphatic heterocycles. The van der Waals surface area contributed by atoms with Crippen molar-refractivity contribution in [1.29, 1.82) is 0 Å². The smallest absolute Gasteiger partial charge is 0.0479 e. The van der Waals surface area contributed by atoms with E-state index in [0.717, 1.165) is 0 Å². The number of halogens is 2. The number of rotatable bonds is 1. The van der Waals surface area contributed by atoms with Crippen LogP contribution in [0.2, 0.25) is 0 Å². The second-order valence-electron chi connectivity index (χ2n) is 3.43. The standard InChI is InChI=1S/C11H14BrCl/c1-6-7(2)10(5-13)9(4)11(12)8(6)3/h5H2,1-4H3. The molecule has 1 aromatic rings. The lowest BCUT2D eigenvalue weighted by molar-refractivity contribution is 1.14. The summed E-state index contributed by atoms with van der Waals surface area (Å²) in [6, 6.07) is 0. The molecule has 0 nitrogen and oxygen atoms in total. The lowest BCUT2D eigenvalue weighted by Gasteiger charge is -2.15. The van der Waals surface area contributed by atoms with Gasteiger partial charge in [-0.1, -0.05) is 15.9 Å². The molecule has 0 aromatic heterocycles. The Morgan fingerprint density at radius 3 is 1.92 bits per heavy atom. The minimum Gasteiger partial charge on any atom is -0.122 e. The second kappa shape index (κ2) is 4.02. The molecule has 0 N–H and O–H groups in total. The van der Waals surface area contributed by atoms with Gasteiger partial charge < -0.3 is 0 Å². The molecule has 1 rings (SSSR count). The van der Waals surface area contributed by atoms with Gasteiger partial charge in [0.2, 0.25) is 0 Å². The Kier molecular flexibility index (Phi) is 3.42. The van der Waals surface area contributed by atoms with Crippen LogP contribution in [0.25, 0.3) is 0 Å². The SMILES string of the molecule is Cc1c(C)c(Br)c(C)c(CCl)c1C. The predicted molar refractivity (Wildman–Crippen MR) is 62.6 cm³/mol. The van der Waals surface area contributed by atoms with Crippen LogP contribution in [-0.4, -0.2) is 0 Å². The Bertz CT molecular complexity index is 313. The molecule has 0 spiro atoms. The Labute approximate surface area is 93.4 Å². The molecular formula is C11H14BrCl. The van der Waals surface area contributed by atoms with Gasteiger partial charge in [0, 0.05) is 10.4 Å². The molecule has 13 heavy (non-hydrogen) atoms. The first-order valence-electron chi connectivity index (χ1n) is 4.31. The Morgan fingerprint density at radius 1 is 0.923 bits per heavy atom. The summed E-state index contributed by atoms with van der Waals surface area (Å²) in [4.78, 5) is 0. The number of alkyl halides is 1. The maximum Gasteiger partial charge on any atom is 0.0479 e. The first-order valence-corrected chi connectivity index (χ1v) is 5.64. The second-order valence-corrected chi connectivity index (χ2v) is 4.49. The highest BCUT2D eigenvalue weighted by molar-refractivity contribution is 9.10. The Morgan fingerprint density at radius 2 is 1.46 bits per heavy atom. The molecule has 72 valence electrons. The van der Waals surface area contributed by atoms with E-state index in [1.807, 2.05) is 0 Å². The monoisotopic (exact) mass is 260 g/mol. The maximum absolute atomic E-state index is 5.91. The van der Waals surface area contributed by atoms with Gasteiger partial charge in [-0.15, -0.1) is 11.6 Å². The van der Waals surface area contributed by atoms with Gasteiger partial charge in [-0.3, -0.25) is 0 Å². The van der Waals surface area contributed by atoms with Crippen LogP contribution in [0, 0.1) is 27.7 Å². The summed E-state index contributed by atoms with van der Waals surface area (Å²) in [6.07, 6.45) is 0. The molecule has 0 aliphatic rings. The van der Waals surface area contributed by atoms with E-state index in [-0.39, 0.29) is 0 Å². The van der Waals surface area contributed by atoms with Crippen LogP contribution in [0.1, 0.15) is 27.8 Å². The zero-order valence-electron chi connectivity index (χ0n) is 8.46. The van der Waals surface area contributed by atoms with Gasteiger partial charge in [-0.2, -0.15) is 0 Å². The van der Waals surface area contributed by atoms with E-state index in [0.29, 0.717) is 5.88 Å². The number of hydrogen-bond acceptors (Lipinski definition) is 0. The molecule has 0 fully saturated rings. The number of benzene rings is 1. The van der Waals surface area contributed by atoms with Crippen molar-refractivity contribution in [2.75, 3.05) is 0 Å². The molecule has 0 aliphatic carbocycles. The van der Waals surface area contributed by atoms with Crippen molar-refractivity contribution < 1.29 is 0 Å². The van der Waals surface area contributed by atoms with E-state index < -0.39 is 0 Å². The molecule has 0 heterocycles. The van der Waals surface area contributed by atoms with Crippen molar-refractivity contribution >= 4 is 27.5 Å². The van der Waals surface area contributed by atoms with Crippen LogP contribution in [0.15, 0.2) is 4.47 Å². The van der Waals surface area contributed by atoms with Crippen molar-refractivity contribution in [2.24, 2.45) is 0 Å². The molecule has 0 atom stereocenters. The van der Waals surface area contributed by atoms with E-state index >= 15 is 0 Å². The van der Waals surface area contributed by atoms with Crippen molar-refractivity contribution in [3.63, 3.8) is 0 Å². The van der Waals surface area contributed by atoms with E-state index in [4.69, 9.17) is 11.6 Å². The summed E-state index contributed by atoms with van der Waals surface area (Å²) in [5.41, 5.74) is 6.53. The molecule has 1 aromatic carbocycles. The van der Waals surface area contributed by atoms with Gasteiger partial charge in [0.05, 0.1) is 0 Å². The maximum atomic E-state index is 5.91. The van der Waals surface area contributed by atoms with Crippen LogP contribution in [-0.2, 0) is 5.88 Å². The van der Waals surface area contributed by atoms with Crippen LogP contribution < -0.4 is 0 Å². The largest absolute Gasteiger partial charge is 0.122 e. The fourth-order valence-corrected chi connectivity index (χ4v) is 2.51. The van der Waals surface area contributed by atoms with Crippen LogP contribution in [0.4, 0.5) is 0 Å². The molecule has 0 saturated carbocycles. The summed E-state index contributed by atoms with van der Waals surface area (Å²) in [5, 5.41) is 0. The molecule has 0 amide bonds. The lowest BCUT2D eigenvalue weighted by atomic mass is 9.95. The average molecular weight is 262 g/mol. The third-order valence-electron chi connectivity index (χ3n) is 2.82. The normalized spacial score (nSPS) is 10.6. The minimum absolute atomic E-state index is 0.595. The first kappa shape index (κ1) is 11.1. The first-order chi connectivity index (χ1) is 6.00. The van der Waals surface area contributed by atoms with Gasteiger partial charge in [-0.05, 0) is 55.5 Å². The highest BCUT2D eigenvalue weighted by Crippen LogP contribution is 2.31. The van der Waals surface area contributed by atoms with Gasteiger partial charge in [-0.25, -0.2) is 0 Å². The fourth-order valence-electron chi connectivity index (χ4n) is 1.57. The third kappa shape index (κ3) is 1.77. The van der Waals surface area contributed by atoms with Gasteiger partial charge >= 0.3 is 0 Å². The predicted octanol–water partition coefficient (Wildman–Crippen LogP) is 4.42. The van der Waals surface area contributed by atoms with Gasteiger partial charge in [0.15, 0.2) is 0 Å². The minimum atomic E-state index is 0.595. The highest BCUT2D eigenvalue weighted by atomic mass is 79.9. The topological polar surface area (TPSA) is 0 Å². The molecule has 2 heteroatoms. The molecule has 0 saturated heterocycles. The van der Waals surface area contributed by atoms with Crippen LogP contribution in [0.5, 0.6) is 0 Å². The summed E-state index contributed by atoms with van der Waals surface area (Å²) >= 11 is 9.51. The summed E-state index contributed by atoms with van der Waals surface area (Å²) in [7, 11) is 0. The average Bonchev–Trinajstić information content (AvgIpc) is 2.13. The summed E-state index contributed by atoms with van der Waals surface area (Å²) in [5.74, 6) is 0.595. The molecular weight excluding hydrogens is 247 g/mol. The van der Waals surface area contributed by atoms with Crippen LogP contribution in [0.3, 0.4) is 0 Å². The Hall–Kier alpha value is -0.0100. The number of hydrogen-bond donors (Lipinski definition) is 0. The molecule has 0 bridgehead atoms. The summed E-state index contributed by atoms with van der Waals surface area (Å²) in [6.45, 7) is 8.53.